The molecule has 5 heteroatoms. The molecule has 0 aliphatic carbocycles. The van der Waals surface area contributed by atoms with Crippen LogP contribution in [-0.4, -0.2) is 24.1 Å². The van der Waals surface area contributed by atoms with Crippen LogP contribution in [0.15, 0.2) is 164 Å². The molecule has 0 atom stereocenters. The fourth-order valence-corrected chi connectivity index (χ4v) is 7.15. The molecule has 0 aliphatic rings. The zero-order chi connectivity index (χ0) is 31.6. The van der Waals surface area contributed by atoms with Crippen LogP contribution in [0.2, 0.25) is 0 Å². The van der Waals surface area contributed by atoms with Gasteiger partial charge in [0.05, 0.1) is 22.1 Å². The van der Waals surface area contributed by atoms with Gasteiger partial charge in [-0.2, -0.15) is 9.97 Å². The summed E-state index contributed by atoms with van der Waals surface area (Å²) in [4.78, 5) is 15.2. The quantitative estimate of drug-likeness (QED) is 0.198. The van der Waals surface area contributed by atoms with E-state index >= 15 is 0 Å². The number of benzene rings is 7. The minimum atomic E-state index is 0.593. The van der Waals surface area contributed by atoms with E-state index in [1.165, 1.54) is 27.2 Å². The molecule has 0 fully saturated rings. The first-order chi connectivity index (χ1) is 23.8. The summed E-state index contributed by atoms with van der Waals surface area (Å²) in [7, 11) is 0. The van der Waals surface area contributed by atoms with E-state index in [0.717, 1.165) is 44.0 Å². The molecule has 3 heterocycles. The Morgan fingerprint density at radius 2 is 0.771 bits per heavy atom. The highest BCUT2D eigenvalue weighted by Crippen LogP contribution is 2.39. The summed E-state index contributed by atoms with van der Waals surface area (Å²) in [5, 5.41) is 7.11. The first-order valence-electron chi connectivity index (χ1n) is 16.1. The first-order valence-corrected chi connectivity index (χ1v) is 16.1. The number of fused-ring (bicyclic) bond motifs is 7. The van der Waals surface area contributed by atoms with Gasteiger partial charge in [-0.05, 0) is 59.3 Å². The molecule has 10 aromatic rings. The van der Waals surface area contributed by atoms with E-state index in [1.807, 2.05) is 60.7 Å². The smallest absolute Gasteiger partial charge is 0.238 e. The Labute approximate surface area is 276 Å². The fraction of sp³-hybridized carbons (Fsp3) is 0. The Bertz CT molecular complexity index is 2760. The van der Waals surface area contributed by atoms with Gasteiger partial charge in [-0.3, -0.25) is 4.57 Å². The third kappa shape index (κ3) is 4.08. The molecule has 7 aromatic carbocycles. The number of nitrogens with zero attached hydrogens (tertiary/aromatic N) is 5. The summed E-state index contributed by atoms with van der Waals surface area (Å²) in [6, 6.07) is 57.4. The van der Waals surface area contributed by atoms with Gasteiger partial charge in [0, 0.05) is 38.4 Å². The lowest BCUT2D eigenvalue weighted by Gasteiger charge is -2.11. The van der Waals surface area contributed by atoms with Gasteiger partial charge in [0.15, 0.2) is 11.6 Å². The van der Waals surface area contributed by atoms with Crippen LogP contribution in [0.5, 0.6) is 0 Å². The summed E-state index contributed by atoms with van der Waals surface area (Å²) in [5.41, 5.74) is 7.54. The van der Waals surface area contributed by atoms with Crippen molar-refractivity contribution in [3.8, 4) is 34.4 Å². The van der Waals surface area contributed by atoms with E-state index in [1.54, 1.807) is 0 Å². The Morgan fingerprint density at radius 3 is 1.31 bits per heavy atom. The average Bonchev–Trinajstić information content (AvgIpc) is 3.65. The van der Waals surface area contributed by atoms with Gasteiger partial charge in [0.2, 0.25) is 5.95 Å². The van der Waals surface area contributed by atoms with Crippen molar-refractivity contribution < 1.29 is 0 Å². The molecule has 48 heavy (non-hydrogen) atoms. The summed E-state index contributed by atoms with van der Waals surface area (Å²) >= 11 is 0. The van der Waals surface area contributed by atoms with Crippen LogP contribution in [0.25, 0.3) is 88.8 Å². The van der Waals surface area contributed by atoms with Gasteiger partial charge >= 0.3 is 0 Å². The topological polar surface area (TPSA) is 48.5 Å². The maximum absolute atomic E-state index is 5.12. The Balaban J connectivity index is 1.29. The van der Waals surface area contributed by atoms with Crippen molar-refractivity contribution in [1.82, 2.24) is 24.1 Å². The lowest BCUT2D eigenvalue weighted by molar-refractivity contribution is 0.954. The summed E-state index contributed by atoms with van der Waals surface area (Å²) < 4.78 is 4.57. The third-order valence-electron chi connectivity index (χ3n) is 9.32. The van der Waals surface area contributed by atoms with Crippen molar-refractivity contribution in [3.63, 3.8) is 0 Å². The van der Waals surface area contributed by atoms with Crippen LogP contribution in [0, 0.1) is 0 Å². The van der Waals surface area contributed by atoms with Crippen LogP contribution < -0.4 is 0 Å². The van der Waals surface area contributed by atoms with Gasteiger partial charge < -0.3 is 4.57 Å². The number of rotatable bonds is 4. The summed E-state index contributed by atoms with van der Waals surface area (Å²) in [6.07, 6.45) is 0. The van der Waals surface area contributed by atoms with E-state index < -0.39 is 0 Å². The number of hydrogen-bond donors (Lipinski definition) is 0. The summed E-state index contributed by atoms with van der Waals surface area (Å²) in [6.45, 7) is 0. The van der Waals surface area contributed by atoms with E-state index in [0.29, 0.717) is 17.6 Å². The highest BCUT2D eigenvalue weighted by Gasteiger charge is 2.19. The average molecular weight is 614 g/mol. The van der Waals surface area contributed by atoms with E-state index in [-0.39, 0.29) is 0 Å². The van der Waals surface area contributed by atoms with Crippen molar-refractivity contribution in [2.75, 3.05) is 0 Å². The lowest BCUT2D eigenvalue weighted by atomic mass is 10.0. The van der Waals surface area contributed by atoms with Gasteiger partial charge in [-0.1, -0.05) is 115 Å². The largest absolute Gasteiger partial charge is 0.309 e. The Kier molecular flexibility index (Phi) is 5.81. The predicted molar refractivity (Wildman–Crippen MR) is 197 cm³/mol. The zero-order valence-electron chi connectivity index (χ0n) is 25.8. The van der Waals surface area contributed by atoms with Crippen LogP contribution >= 0.6 is 0 Å². The molecule has 0 unspecified atom stereocenters. The van der Waals surface area contributed by atoms with Gasteiger partial charge in [0.1, 0.15) is 0 Å². The molecule has 3 aromatic heterocycles. The van der Waals surface area contributed by atoms with Crippen LogP contribution in [0.3, 0.4) is 0 Å². The second-order valence-electron chi connectivity index (χ2n) is 12.1. The van der Waals surface area contributed by atoms with Crippen LogP contribution in [0.1, 0.15) is 0 Å². The fourth-order valence-electron chi connectivity index (χ4n) is 7.15. The lowest BCUT2D eigenvalue weighted by Crippen LogP contribution is -2.06. The molecule has 224 valence electrons. The number of hydrogen-bond acceptors (Lipinski definition) is 3. The molecule has 0 aliphatic heterocycles. The SMILES string of the molecule is c1ccc(-c2nc(-c3ccccc3)nc(-n3c4ccccc4c4cc5cc6c(cc5cc43)c3ccccc3n6-c3ccccc3)n2)cc1. The normalized spacial score (nSPS) is 11.8. The number of para-hydroxylation sites is 3. The first kappa shape index (κ1) is 26.6. The highest BCUT2D eigenvalue weighted by atomic mass is 15.2. The minimum absolute atomic E-state index is 0.593. The van der Waals surface area contributed by atoms with Gasteiger partial charge in [-0.15, -0.1) is 0 Å². The van der Waals surface area contributed by atoms with Crippen molar-refractivity contribution in [3.05, 3.63) is 164 Å². The highest BCUT2D eigenvalue weighted by molar-refractivity contribution is 6.18. The maximum Gasteiger partial charge on any atom is 0.238 e. The number of aromatic nitrogens is 5. The minimum Gasteiger partial charge on any atom is -0.309 e. The van der Waals surface area contributed by atoms with Gasteiger partial charge in [0.25, 0.3) is 0 Å². The van der Waals surface area contributed by atoms with E-state index in [4.69, 9.17) is 15.0 Å². The molecule has 10 rings (SSSR count). The summed E-state index contributed by atoms with van der Waals surface area (Å²) in [5.74, 6) is 1.87. The van der Waals surface area contributed by atoms with Crippen molar-refractivity contribution in [2.45, 2.75) is 0 Å². The van der Waals surface area contributed by atoms with Crippen molar-refractivity contribution in [2.24, 2.45) is 0 Å². The Hall–Kier alpha value is -6.59. The van der Waals surface area contributed by atoms with E-state index in [9.17, 15) is 0 Å². The Morgan fingerprint density at radius 1 is 0.333 bits per heavy atom. The van der Waals surface area contributed by atoms with Gasteiger partial charge in [-0.25, -0.2) is 4.98 Å². The molecular formula is C43H27N5. The monoisotopic (exact) mass is 613 g/mol. The molecule has 5 nitrogen and oxygen atoms in total. The van der Waals surface area contributed by atoms with Crippen LogP contribution in [-0.2, 0) is 0 Å². The zero-order valence-corrected chi connectivity index (χ0v) is 25.8. The molecule has 0 spiro atoms. The van der Waals surface area contributed by atoms with Crippen molar-refractivity contribution in [1.29, 1.82) is 0 Å². The molecule has 0 radical (unpaired) electrons. The van der Waals surface area contributed by atoms with Crippen molar-refractivity contribution >= 4 is 54.4 Å². The molecular weight excluding hydrogens is 587 g/mol. The predicted octanol–water partition coefficient (Wildman–Crippen LogP) is 10.6. The molecule has 0 saturated heterocycles. The van der Waals surface area contributed by atoms with E-state index in [2.05, 4.69) is 112 Å². The standard InChI is InChI=1S/C43H27N5/c1-4-14-28(15-5-1)41-44-42(29-16-6-2-7-17-29)46-43(45-41)48-38-23-13-11-21-34(38)36-25-30-26-39-35(24-31(30)27-40(36)48)33-20-10-12-22-37(33)47(39)32-18-8-3-9-19-32/h1-27H. The second-order valence-corrected chi connectivity index (χ2v) is 12.1. The third-order valence-corrected chi connectivity index (χ3v) is 9.32. The maximum atomic E-state index is 5.12. The molecule has 0 saturated carbocycles. The second kappa shape index (κ2) is 10.5. The van der Waals surface area contributed by atoms with Crippen LogP contribution in [0.4, 0.5) is 0 Å². The molecule has 0 bridgehead atoms. The molecule has 0 amide bonds. The molecule has 0 N–H and O–H groups in total.